The number of nitrogens with zero attached hydrogens (tertiary/aromatic N) is 2. The summed E-state index contributed by atoms with van der Waals surface area (Å²) in [7, 11) is 0. The zero-order valence-corrected chi connectivity index (χ0v) is 10.9. The lowest BCUT2D eigenvalue weighted by Crippen LogP contribution is -1.99. The lowest BCUT2D eigenvalue weighted by atomic mass is 10.1. The Balaban J connectivity index is 2.66. The first-order valence-corrected chi connectivity index (χ1v) is 5.85. The van der Waals surface area contributed by atoms with Crippen molar-refractivity contribution in [1.29, 1.82) is 0 Å². The van der Waals surface area contributed by atoms with Crippen LogP contribution in [-0.4, -0.2) is 9.97 Å². The number of aryl methyl sites for hydroxylation is 1. The van der Waals surface area contributed by atoms with E-state index < -0.39 is 0 Å². The fourth-order valence-corrected chi connectivity index (χ4v) is 2.11. The molecule has 0 fully saturated rings. The van der Waals surface area contributed by atoms with Gasteiger partial charge in [-0.1, -0.05) is 13.8 Å². The third kappa shape index (κ3) is 4.18. The summed E-state index contributed by atoms with van der Waals surface area (Å²) in [5.74, 6) is 1.59. The number of halogens is 2. The monoisotopic (exact) mass is 306 g/mol. The van der Waals surface area contributed by atoms with E-state index in [0.717, 1.165) is 27.9 Å². The molecule has 4 heteroatoms. The Morgan fingerprint density at radius 1 is 1.23 bits per heavy atom. The standard InChI is InChI=1S/C9H12Br2N2/c1-6(2)3-4-9-12-7(10)5-8(11)13-9/h5-6H,3-4H2,1-2H3. The molecule has 1 rings (SSSR count). The molecule has 0 saturated heterocycles. The highest BCUT2D eigenvalue weighted by Gasteiger charge is 2.02. The van der Waals surface area contributed by atoms with Gasteiger partial charge in [0.15, 0.2) is 0 Å². The van der Waals surface area contributed by atoms with Crippen LogP contribution in [0.5, 0.6) is 0 Å². The van der Waals surface area contributed by atoms with Gasteiger partial charge in [-0.2, -0.15) is 0 Å². The zero-order valence-electron chi connectivity index (χ0n) is 7.72. The molecular formula is C9H12Br2N2. The van der Waals surface area contributed by atoms with Gasteiger partial charge in [-0.05, 0) is 44.2 Å². The van der Waals surface area contributed by atoms with Crippen LogP contribution in [0, 0.1) is 5.92 Å². The maximum absolute atomic E-state index is 4.28. The molecule has 0 aromatic carbocycles. The molecule has 0 spiro atoms. The Labute approximate surface area is 95.4 Å². The van der Waals surface area contributed by atoms with Gasteiger partial charge < -0.3 is 0 Å². The maximum atomic E-state index is 4.28. The van der Waals surface area contributed by atoms with Crippen LogP contribution in [0.3, 0.4) is 0 Å². The minimum Gasteiger partial charge on any atom is -0.226 e. The van der Waals surface area contributed by atoms with E-state index in [1.54, 1.807) is 0 Å². The summed E-state index contributed by atoms with van der Waals surface area (Å²) in [4.78, 5) is 8.56. The number of hydrogen-bond donors (Lipinski definition) is 0. The molecule has 0 N–H and O–H groups in total. The Morgan fingerprint density at radius 2 is 1.77 bits per heavy atom. The minimum absolute atomic E-state index is 0.696. The summed E-state index contributed by atoms with van der Waals surface area (Å²) in [6, 6.07) is 1.85. The third-order valence-corrected chi connectivity index (χ3v) is 2.47. The van der Waals surface area contributed by atoms with Crippen molar-refractivity contribution in [1.82, 2.24) is 9.97 Å². The second-order valence-corrected chi connectivity index (χ2v) is 4.99. The van der Waals surface area contributed by atoms with E-state index in [0.29, 0.717) is 5.92 Å². The summed E-state index contributed by atoms with van der Waals surface area (Å²) < 4.78 is 1.68. The molecule has 13 heavy (non-hydrogen) atoms. The molecule has 1 aromatic heterocycles. The van der Waals surface area contributed by atoms with Crippen molar-refractivity contribution < 1.29 is 0 Å². The van der Waals surface area contributed by atoms with E-state index in [1.807, 2.05) is 6.07 Å². The van der Waals surface area contributed by atoms with Crippen LogP contribution in [0.2, 0.25) is 0 Å². The quantitative estimate of drug-likeness (QED) is 0.798. The van der Waals surface area contributed by atoms with Gasteiger partial charge in [0, 0.05) is 12.5 Å². The molecule has 72 valence electrons. The van der Waals surface area contributed by atoms with Gasteiger partial charge in [-0.15, -0.1) is 0 Å². The van der Waals surface area contributed by atoms with Crippen LogP contribution >= 0.6 is 31.9 Å². The van der Waals surface area contributed by atoms with Gasteiger partial charge in [0.2, 0.25) is 0 Å². The second kappa shape index (κ2) is 5.05. The van der Waals surface area contributed by atoms with Crippen LogP contribution in [0.15, 0.2) is 15.3 Å². The van der Waals surface area contributed by atoms with Crippen molar-refractivity contribution in [2.45, 2.75) is 26.7 Å². The third-order valence-electron chi connectivity index (χ3n) is 1.66. The van der Waals surface area contributed by atoms with Crippen LogP contribution < -0.4 is 0 Å². The van der Waals surface area contributed by atoms with Crippen LogP contribution in [0.1, 0.15) is 26.1 Å². The minimum atomic E-state index is 0.696. The van der Waals surface area contributed by atoms with Crippen molar-refractivity contribution in [2.24, 2.45) is 5.92 Å². The van der Waals surface area contributed by atoms with Crippen molar-refractivity contribution in [3.05, 3.63) is 21.1 Å². The molecule has 1 aromatic rings. The molecule has 0 atom stereocenters. The molecule has 2 nitrogen and oxygen atoms in total. The van der Waals surface area contributed by atoms with E-state index in [-0.39, 0.29) is 0 Å². The molecule has 0 bridgehead atoms. The number of rotatable bonds is 3. The topological polar surface area (TPSA) is 25.8 Å². The Morgan fingerprint density at radius 3 is 2.23 bits per heavy atom. The fourth-order valence-electron chi connectivity index (χ4n) is 0.964. The summed E-state index contributed by atoms with van der Waals surface area (Å²) in [5, 5.41) is 0. The molecule has 0 radical (unpaired) electrons. The summed E-state index contributed by atoms with van der Waals surface area (Å²) in [5.41, 5.74) is 0. The molecule has 0 saturated carbocycles. The molecule has 0 aliphatic heterocycles. The van der Waals surface area contributed by atoms with Gasteiger partial charge >= 0.3 is 0 Å². The highest BCUT2D eigenvalue weighted by atomic mass is 79.9. The molecule has 0 aliphatic carbocycles. The first-order valence-electron chi connectivity index (χ1n) is 4.27. The van der Waals surface area contributed by atoms with Crippen molar-refractivity contribution >= 4 is 31.9 Å². The molecule has 0 amide bonds. The summed E-state index contributed by atoms with van der Waals surface area (Å²) in [6.45, 7) is 4.40. The average molecular weight is 308 g/mol. The zero-order chi connectivity index (χ0) is 9.84. The van der Waals surface area contributed by atoms with Gasteiger partial charge in [-0.3, -0.25) is 0 Å². The summed E-state index contributed by atoms with van der Waals surface area (Å²) >= 11 is 6.68. The van der Waals surface area contributed by atoms with E-state index >= 15 is 0 Å². The predicted octanol–water partition coefficient (Wildman–Crippen LogP) is 3.59. The Kier molecular flexibility index (Phi) is 4.32. The van der Waals surface area contributed by atoms with Crippen molar-refractivity contribution in [3.63, 3.8) is 0 Å². The molecule has 0 unspecified atom stereocenters. The largest absolute Gasteiger partial charge is 0.226 e. The first-order chi connectivity index (χ1) is 6.08. The smallest absolute Gasteiger partial charge is 0.130 e. The maximum Gasteiger partial charge on any atom is 0.130 e. The average Bonchev–Trinajstić information content (AvgIpc) is 1.99. The van der Waals surface area contributed by atoms with E-state index in [9.17, 15) is 0 Å². The Hall–Kier alpha value is 0.0400. The number of aromatic nitrogens is 2. The van der Waals surface area contributed by atoms with Gasteiger partial charge in [0.25, 0.3) is 0 Å². The lowest BCUT2D eigenvalue weighted by Gasteiger charge is -2.03. The first kappa shape index (κ1) is 11.1. The van der Waals surface area contributed by atoms with Gasteiger partial charge in [0.1, 0.15) is 15.0 Å². The van der Waals surface area contributed by atoms with E-state index in [1.165, 1.54) is 0 Å². The lowest BCUT2D eigenvalue weighted by molar-refractivity contribution is 0.573. The second-order valence-electron chi connectivity index (χ2n) is 3.36. The molecular weight excluding hydrogens is 296 g/mol. The van der Waals surface area contributed by atoms with Crippen LogP contribution in [0.25, 0.3) is 0 Å². The Bertz CT molecular complexity index is 267. The van der Waals surface area contributed by atoms with Crippen LogP contribution in [0.4, 0.5) is 0 Å². The highest BCUT2D eigenvalue weighted by Crippen LogP contribution is 2.14. The van der Waals surface area contributed by atoms with E-state index in [4.69, 9.17) is 0 Å². The van der Waals surface area contributed by atoms with Crippen LogP contribution in [-0.2, 0) is 6.42 Å². The summed E-state index contributed by atoms with van der Waals surface area (Å²) in [6.07, 6.45) is 2.07. The fraction of sp³-hybridized carbons (Fsp3) is 0.556. The van der Waals surface area contributed by atoms with Gasteiger partial charge in [-0.25, -0.2) is 9.97 Å². The number of hydrogen-bond acceptors (Lipinski definition) is 2. The predicted molar refractivity (Wildman–Crippen MR) is 60.6 cm³/mol. The molecule has 0 aliphatic rings. The highest BCUT2D eigenvalue weighted by molar-refractivity contribution is 9.11. The van der Waals surface area contributed by atoms with E-state index in [2.05, 4.69) is 55.7 Å². The van der Waals surface area contributed by atoms with Gasteiger partial charge in [0.05, 0.1) is 0 Å². The molecule has 1 heterocycles. The van der Waals surface area contributed by atoms with Crippen molar-refractivity contribution in [2.75, 3.05) is 0 Å². The normalized spacial score (nSPS) is 10.8. The SMILES string of the molecule is CC(C)CCc1nc(Br)cc(Br)n1. The van der Waals surface area contributed by atoms with Crippen molar-refractivity contribution in [3.8, 4) is 0 Å².